The number of nitrogens with one attached hydrogen (secondary N) is 1. The average Bonchev–Trinajstić information content (AvgIpc) is 2.90. The third-order valence-electron chi connectivity index (χ3n) is 6.67. The highest BCUT2D eigenvalue weighted by Crippen LogP contribution is 2.25. The number of halogens is 1. The van der Waals surface area contributed by atoms with Gasteiger partial charge in [0.2, 0.25) is 21.8 Å². The molecule has 1 atom stereocenters. The molecule has 0 saturated heterocycles. The third-order valence-corrected chi connectivity index (χ3v) is 8.32. The summed E-state index contributed by atoms with van der Waals surface area (Å²) in [5.74, 6) is -0.722. The zero-order valence-electron chi connectivity index (χ0n) is 23.6. The average molecular weight is 629 g/mol. The summed E-state index contributed by atoms with van der Waals surface area (Å²) < 4.78 is 28.0. The first-order valence-electron chi connectivity index (χ1n) is 13.4. The van der Waals surface area contributed by atoms with E-state index in [0.29, 0.717) is 18.7 Å². The first-order chi connectivity index (χ1) is 19.0. The van der Waals surface area contributed by atoms with Crippen molar-refractivity contribution in [2.75, 3.05) is 23.7 Å². The normalized spacial score (nSPS) is 12.0. The molecular weight excluding hydrogens is 590 g/mol. The van der Waals surface area contributed by atoms with E-state index in [2.05, 4.69) is 21.2 Å². The zero-order chi connectivity index (χ0) is 29.3. The summed E-state index contributed by atoms with van der Waals surface area (Å²) in [4.78, 5) is 29.2. The quantitative estimate of drug-likeness (QED) is 0.258. The summed E-state index contributed by atoms with van der Waals surface area (Å²) in [6.07, 6.45) is 3.13. The van der Waals surface area contributed by atoms with Crippen molar-refractivity contribution in [2.45, 2.75) is 52.6 Å². The Morgan fingerprint density at radius 1 is 0.950 bits per heavy atom. The molecule has 0 heterocycles. The molecule has 0 aromatic heterocycles. The molecule has 0 bridgehead atoms. The van der Waals surface area contributed by atoms with Crippen molar-refractivity contribution in [3.8, 4) is 0 Å². The second-order valence-electron chi connectivity index (χ2n) is 10.1. The van der Waals surface area contributed by atoms with E-state index in [4.69, 9.17) is 0 Å². The van der Waals surface area contributed by atoms with Crippen molar-refractivity contribution in [1.82, 2.24) is 10.2 Å². The van der Waals surface area contributed by atoms with Gasteiger partial charge < -0.3 is 10.2 Å². The van der Waals surface area contributed by atoms with Gasteiger partial charge in [0.15, 0.2) is 0 Å². The van der Waals surface area contributed by atoms with Crippen LogP contribution in [-0.4, -0.2) is 50.5 Å². The molecule has 3 aromatic rings. The molecular formula is C31H38BrN3O4S. The molecule has 0 saturated carbocycles. The first-order valence-corrected chi connectivity index (χ1v) is 16.0. The number of rotatable bonds is 13. The maximum Gasteiger partial charge on any atom is 0.244 e. The highest BCUT2D eigenvalue weighted by atomic mass is 79.9. The van der Waals surface area contributed by atoms with Gasteiger partial charge in [-0.05, 0) is 55.2 Å². The van der Waals surface area contributed by atoms with E-state index in [-0.39, 0.29) is 12.5 Å². The van der Waals surface area contributed by atoms with E-state index in [9.17, 15) is 18.0 Å². The Kier molecular flexibility index (Phi) is 11.3. The minimum atomic E-state index is -3.80. The predicted molar refractivity (Wildman–Crippen MR) is 165 cm³/mol. The number of sulfonamides is 1. The van der Waals surface area contributed by atoms with E-state index in [1.807, 2.05) is 87.5 Å². The van der Waals surface area contributed by atoms with Gasteiger partial charge in [-0.1, -0.05) is 89.4 Å². The van der Waals surface area contributed by atoms with Crippen LogP contribution in [0.5, 0.6) is 0 Å². The maximum absolute atomic E-state index is 14.1. The number of hydrogen-bond donors (Lipinski definition) is 1. The molecule has 0 aliphatic rings. The number of unbranched alkanes of at least 4 members (excludes halogenated alkanes) is 1. The molecule has 1 N–H and O–H groups in total. The van der Waals surface area contributed by atoms with E-state index in [1.165, 1.54) is 4.90 Å². The van der Waals surface area contributed by atoms with Crippen LogP contribution >= 0.6 is 15.9 Å². The number of carbonyl (C=O) groups is 2. The van der Waals surface area contributed by atoms with Gasteiger partial charge in [-0.2, -0.15) is 0 Å². The molecule has 0 spiro atoms. The standard InChI is InChI=1S/C31H38BrN3O4S/c1-5-6-18-33-31(37)29(20-25-10-8-7-9-11-25)34(21-26-13-15-27(32)16-14-26)30(36)22-35(40(4,38)39)28-17-12-23(2)19-24(28)3/h7-17,19,29H,5-6,18,20-22H2,1-4H3,(H,33,37)/t29-/m1/s1. The van der Waals surface area contributed by atoms with Crippen LogP contribution in [0.15, 0.2) is 77.3 Å². The number of carbonyl (C=O) groups excluding carboxylic acids is 2. The van der Waals surface area contributed by atoms with Gasteiger partial charge in [0.25, 0.3) is 0 Å². The lowest BCUT2D eigenvalue weighted by molar-refractivity contribution is -0.140. The van der Waals surface area contributed by atoms with Crippen molar-refractivity contribution < 1.29 is 18.0 Å². The predicted octanol–water partition coefficient (Wildman–Crippen LogP) is 5.39. The van der Waals surface area contributed by atoms with Gasteiger partial charge in [0.1, 0.15) is 12.6 Å². The molecule has 3 rings (SSSR count). The maximum atomic E-state index is 14.1. The van der Waals surface area contributed by atoms with E-state index in [0.717, 1.165) is 50.1 Å². The smallest absolute Gasteiger partial charge is 0.244 e. The first kappa shape index (κ1) is 31.4. The molecule has 40 heavy (non-hydrogen) atoms. The summed E-state index contributed by atoms with van der Waals surface area (Å²) >= 11 is 3.45. The Bertz CT molecular complexity index is 1400. The Morgan fingerprint density at radius 3 is 2.23 bits per heavy atom. The largest absolute Gasteiger partial charge is 0.354 e. The lowest BCUT2D eigenvalue weighted by atomic mass is 10.0. The molecule has 9 heteroatoms. The SMILES string of the molecule is CCCCNC(=O)[C@@H](Cc1ccccc1)N(Cc1ccc(Br)cc1)C(=O)CN(c1ccc(C)cc1C)S(C)(=O)=O. The van der Waals surface area contributed by atoms with Crippen LogP contribution in [0.3, 0.4) is 0 Å². The summed E-state index contributed by atoms with van der Waals surface area (Å²) in [6.45, 7) is 6.02. The second kappa shape index (κ2) is 14.5. The van der Waals surface area contributed by atoms with E-state index in [1.54, 1.807) is 6.07 Å². The van der Waals surface area contributed by atoms with Crippen molar-refractivity contribution >= 4 is 43.5 Å². The van der Waals surface area contributed by atoms with Gasteiger partial charge in [-0.3, -0.25) is 13.9 Å². The molecule has 0 unspecified atom stereocenters. The van der Waals surface area contributed by atoms with Gasteiger partial charge in [-0.25, -0.2) is 8.42 Å². The minimum absolute atomic E-state index is 0.148. The number of aryl methyl sites for hydroxylation is 2. The fourth-order valence-electron chi connectivity index (χ4n) is 4.53. The molecule has 0 radical (unpaired) electrons. The third kappa shape index (κ3) is 8.93. The van der Waals surface area contributed by atoms with Crippen LogP contribution in [0.2, 0.25) is 0 Å². The number of anilines is 1. The van der Waals surface area contributed by atoms with E-state index >= 15 is 0 Å². The zero-order valence-corrected chi connectivity index (χ0v) is 26.0. The summed E-state index contributed by atoms with van der Waals surface area (Å²) in [5, 5.41) is 2.99. The Labute approximate surface area is 246 Å². The van der Waals surface area contributed by atoms with E-state index < -0.39 is 28.5 Å². The molecule has 214 valence electrons. The lowest BCUT2D eigenvalue weighted by Gasteiger charge is -2.34. The van der Waals surface area contributed by atoms with Crippen molar-refractivity contribution in [3.05, 3.63) is 99.5 Å². The number of benzene rings is 3. The van der Waals surface area contributed by atoms with Crippen molar-refractivity contribution in [1.29, 1.82) is 0 Å². The molecule has 7 nitrogen and oxygen atoms in total. The minimum Gasteiger partial charge on any atom is -0.354 e. The van der Waals surface area contributed by atoms with Crippen LogP contribution in [0, 0.1) is 13.8 Å². The number of nitrogens with zero attached hydrogens (tertiary/aromatic N) is 2. The fourth-order valence-corrected chi connectivity index (χ4v) is 5.70. The summed E-state index contributed by atoms with van der Waals surface area (Å²) in [5.41, 5.74) is 3.91. The Morgan fingerprint density at radius 2 is 1.62 bits per heavy atom. The lowest BCUT2D eigenvalue weighted by Crippen LogP contribution is -2.53. The summed E-state index contributed by atoms with van der Waals surface area (Å²) in [7, 11) is -3.80. The highest BCUT2D eigenvalue weighted by Gasteiger charge is 2.33. The molecule has 0 aliphatic carbocycles. The van der Waals surface area contributed by atoms with Crippen LogP contribution in [-0.2, 0) is 32.6 Å². The van der Waals surface area contributed by atoms with Gasteiger partial charge >= 0.3 is 0 Å². The van der Waals surface area contributed by atoms with Crippen LogP contribution < -0.4 is 9.62 Å². The number of hydrogen-bond acceptors (Lipinski definition) is 4. The van der Waals surface area contributed by atoms with Crippen LogP contribution in [0.1, 0.15) is 42.0 Å². The fraction of sp³-hybridized carbons (Fsp3) is 0.355. The Balaban J connectivity index is 2.04. The Hall–Kier alpha value is -3.17. The van der Waals surface area contributed by atoms with Crippen molar-refractivity contribution in [2.24, 2.45) is 0 Å². The monoisotopic (exact) mass is 627 g/mol. The molecule has 0 fully saturated rings. The molecule has 3 aromatic carbocycles. The number of amides is 2. The summed E-state index contributed by atoms with van der Waals surface area (Å²) in [6, 6.07) is 21.7. The molecule has 0 aliphatic heterocycles. The second-order valence-corrected chi connectivity index (χ2v) is 12.9. The van der Waals surface area contributed by atoms with Crippen LogP contribution in [0.4, 0.5) is 5.69 Å². The van der Waals surface area contributed by atoms with Crippen LogP contribution in [0.25, 0.3) is 0 Å². The molecule has 2 amide bonds. The van der Waals surface area contributed by atoms with Gasteiger partial charge in [-0.15, -0.1) is 0 Å². The van der Waals surface area contributed by atoms with Gasteiger partial charge in [0.05, 0.1) is 11.9 Å². The van der Waals surface area contributed by atoms with Gasteiger partial charge in [0, 0.05) is 24.0 Å². The highest BCUT2D eigenvalue weighted by molar-refractivity contribution is 9.10. The van der Waals surface area contributed by atoms with Crippen molar-refractivity contribution in [3.63, 3.8) is 0 Å². The topological polar surface area (TPSA) is 86.8 Å².